The smallest absolute Gasteiger partial charge is 0.410 e. The van der Waals surface area contributed by atoms with Gasteiger partial charge in [0, 0.05) is 26.2 Å². The highest BCUT2D eigenvalue weighted by molar-refractivity contribution is 7.89. The lowest BCUT2D eigenvalue weighted by atomic mass is 10.1. The Hall–Kier alpha value is -2.20. The quantitative estimate of drug-likeness (QED) is 0.772. The largest absolute Gasteiger partial charge is 0.444 e. The van der Waals surface area contributed by atoms with Crippen LogP contribution in [-0.2, 0) is 19.6 Å². The summed E-state index contributed by atoms with van der Waals surface area (Å²) < 4.78 is 44.2. The second-order valence-corrected chi connectivity index (χ2v) is 10.1. The van der Waals surface area contributed by atoms with Gasteiger partial charge in [-0.2, -0.15) is 4.31 Å². The van der Waals surface area contributed by atoms with Crippen molar-refractivity contribution >= 4 is 22.0 Å². The Morgan fingerprint density at radius 3 is 2.28 bits per heavy atom. The fourth-order valence-electron chi connectivity index (χ4n) is 2.88. The van der Waals surface area contributed by atoms with Crippen molar-refractivity contribution in [1.29, 1.82) is 0 Å². The molecule has 162 valence electrons. The summed E-state index contributed by atoms with van der Waals surface area (Å²) in [7, 11) is -2.60. The van der Waals surface area contributed by atoms with Gasteiger partial charge in [-0.15, -0.1) is 0 Å². The number of sulfonamides is 1. The van der Waals surface area contributed by atoms with Crippen molar-refractivity contribution in [3.63, 3.8) is 0 Å². The Bertz CT molecular complexity index is 828. The van der Waals surface area contributed by atoms with Crippen LogP contribution in [0, 0.1) is 5.82 Å². The first kappa shape index (κ1) is 23.1. The van der Waals surface area contributed by atoms with E-state index in [0.29, 0.717) is 25.9 Å². The van der Waals surface area contributed by atoms with Gasteiger partial charge in [-0.1, -0.05) is 0 Å². The van der Waals surface area contributed by atoms with Crippen LogP contribution in [0.5, 0.6) is 0 Å². The molecule has 29 heavy (non-hydrogen) atoms. The number of carbonyl (C=O) groups is 2. The zero-order valence-corrected chi connectivity index (χ0v) is 18.0. The summed E-state index contributed by atoms with van der Waals surface area (Å²) >= 11 is 0. The maximum Gasteiger partial charge on any atom is 0.410 e. The summed E-state index contributed by atoms with van der Waals surface area (Å²) in [5.74, 6) is -0.976. The van der Waals surface area contributed by atoms with Crippen LogP contribution in [0.15, 0.2) is 29.2 Å². The molecule has 0 spiro atoms. The molecule has 1 saturated heterocycles. The minimum atomic E-state index is -3.89. The van der Waals surface area contributed by atoms with Crippen molar-refractivity contribution in [3.8, 4) is 0 Å². The third kappa shape index (κ3) is 6.67. The first-order chi connectivity index (χ1) is 13.4. The number of likely N-dealkylation sites (tertiary alicyclic amines) is 1. The lowest BCUT2D eigenvalue weighted by Gasteiger charge is -2.33. The van der Waals surface area contributed by atoms with Gasteiger partial charge in [-0.3, -0.25) is 4.79 Å². The Morgan fingerprint density at radius 2 is 1.76 bits per heavy atom. The summed E-state index contributed by atoms with van der Waals surface area (Å²) in [6, 6.07) is 4.28. The van der Waals surface area contributed by atoms with Gasteiger partial charge in [0.15, 0.2) is 0 Å². The molecule has 0 aliphatic carbocycles. The average molecular weight is 430 g/mol. The Balaban J connectivity index is 1.84. The van der Waals surface area contributed by atoms with E-state index >= 15 is 0 Å². The van der Waals surface area contributed by atoms with E-state index < -0.39 is 27.3 Å². The van der Waals surface area contributed by atoms with Crippen molar-refractivity contribution in [1.82, 2.24) is 14.5 Å². The van der Waals surface area contributed by atoms with Crippen LogP contribution in [0.3, 0.4) is 0 Å². The number of carbonyl (C=O) groups excluding carboxylic acids is 2. The number of ether oxygens (including phenoxy) is 1. The topological polar surface area (TPSA) is 96.0 Å². The van der Waals surface area contributed by atoms with Crippen LogP contribution in [0.25, 0.3) is 0 Å². The van der Waals surface area contributed by atoms with Crippen molar-refractivity contribution in [3.05, 3.63) is 30.1 Å². The van der Waals surface area contributed by atoms with E-state index in [1.54, 1.807) is 25.7 Å². The minimum Gasteiger partial charge on any atom is -0.444 e. The van der Waals surface area contributed by atoms with Crippen LogP contribution in [0.1, 0.15) is 33.6 Å². The molecule has 0 radical (unpaired) electrons. The SMILES string of the molecule is CN(CC(=O)NC1CCN(C(=O)OC(C)(C)C)CC1)S(=O)(=O)c1ccc(F)cc1. The number of benzene rings is 1. The lowest BCUT2D eigenvalue weighted by molar-refractivity contribution is -0.122. The summed E-state index contributed by atoms with van der Waals surface area (Å²) in [4.78, 5) is 25.9. The molecule has 1 aromatic rings. The maximum absolute atomic E-state index is 13.0. The normalized spacial score (nSPS) is 16.0. The van der Waals surface area contributed by atoms with Crippen LogP contribution in [0.4, 0.5) is 9.18 Å². The van der Waals surface area contributed by atoms with E-state index in [0.717, 1.165) is 28.6 Å². The molecule has 8 nitrogen and oxygen atoms in total. The predicted octanol–water partition coefficient (Wildman–Crippen LogP) is 1.96. The van der Waals surface area contributed by atoms with E-state index in [4.69, 9.17) is 4.74 Å². The van der Waals surface area contributed by atoms with Gasteiger partial charge in [0.2, 0.25) is 15.9 Å². The summed E-state index contributed by atoms with van der Waals surface area (Å²) in [5.41, 5.74) is -0.567. The number of likely N-dealkylation sites (N-methyl/N-ethyl adjacent to an activating group) is 1. The second-order valence-electron chi connectivity index (χ2n) is 8.02. The molecule has 0 atom stereocenters. The van der Waals surface area contributed by atoms with Gasteiger partial charge < -0.3 is 15.0 Å². The molecule has 10 heteroatoms. The highest BCUT2D eigenvalue weighted by Gasteiger charge is 2.28. The molecule has 0 aromatic heterocycles. The Morgan fingerprint density at radius 1 is 1.21 bits per heavy atom. The first-order valence-electron chi connectivity index (χ1n) is 9.38. The molecule has 1 fully saturated rings. The first-order valence-corrected chi connectivity index (χ1v) is 10.8. The van der Waals surface area contributed by atoms with Gasteiger partial charge in [-0.25, -0.2) is 17.6 Å². The number of nitrogens with one attached hydrogen (secondary N) is 1. The maximum atomic E-state index is 13.0. The average Bonchev–Trinajstić information content (AvgIpc) is 2.61. The third-order valence-electron chi connectivity index (χ3n) is 4.40. The highest BCUT2D eigenvalue weighted by atomic mass is 32.2. The fraction of sp³-hybridized carbons (Fsp3) is 0.579. The van der Waals surface area contributed by atoms with Crippen molar-refractivity contribution in [2.24, 2.45) is 0 Å². The monoisotopic (exact) mass is 429 g/mol. The molecule has 1 N–H and O–H groups in total. The molecule has 0 unspecified atom stereocenters. The van der Waals surface area contributed by atoms with E-state index in [-0.39, 0.29) is 23.6 Å². The van der Waals surface area contributed by atoms with E-state index in [9.17, 15) is 22.4 Å². The summed E-state index contributed by atoms with van der Waals surface area (Å²) in [5, 5.41) is 2.81. The molecular weight excluding hydrogens is 401 g/mol. The molecule has 1 heterocycles. The third-order valence-corrected chi connectivity index (χ3v) is 6.22. The minimum absolute atomic E-state index is 0.0835. The van der Waals surface area contributed by atoms with Crippen LogP contribution < -0.4 is 5.32 Å². The lowest BCUT2D eigenvalue weighted by Crippen LogP contribution is -2.49. The second kappa shape index (κ2) is 9.08. The van der Waals surface area contributed by atoms with Crippen LogP contribution in [-0.4, -0.2) is 67.9 Å². The fourth-order valence-corrected chi connectivity index (χ4v) is 4.01. The molecule has 1 aliphatic heterocycles. The molecule has 2 rings (SSSR count). The van der Waals surface area contributed by atoms with Crippen molar-refractivity contribution < 1.29 is 27.1 Å². The number of hydrogen-bond donors (Lipinski definition) is 1. The molecule has 1 aromatic carbocycles. The van der Waals surface area contributed by atoms with Crippen molar-refractivity contribution in [2.45, 2.75) is 50.2 Å². The number of hydrogen-bond acceptors (Lipinski definition) is 5. The van der Waals surface area contributed by atoms with Gasteiger partial charge >= 0.3 is 6.09 Å². The van der Waals surface area contributed by atoms with Crippen LogP contribution in [0.2, 0.25) is 0 Å². The number of piperidine rings is 1. The summed E-state index contributed by atoms with van der Waals surface area (Å²) in [6.45, 7) is 5.94. The highest BCUT2D eigenvalue weighted by Crippen LogP contribution is 2.17. The number of halogens is 1. The molecular formula is C19H28FN3O5S. The van der Waals surface area contributed by atoms with Gasteiger partial charge in [0.05, 0.1) is 11.4 Å². The molecule has 0 saturated carbocycles. The zero-order chi connectivity index (χ0) is 21.8. The van der Waals surface area contributed by atoms with Gasteiger partial charge in [0.1, 0.15) is 11.4 Å². The number of nitrogens with zero attached hydrogens (tertiary/aromatic N) is 2. The standard InChI is InChI=1S/C19H28FN3O5S/c1-19(2,3)28-18(25)23-11-9-15(10-12-23)21-17(24)13-22(4)29(26,27)16-7-5-14(20)6-8-16/h5-8,15H,9-13H2,1-4H3,(H,21,24). The van der Waals surface area contributed by atoms with Crippen molar-refractivity contribution in [2.75, 3.05) is 26.7 Å². The van der Waals surface area contributed by atoms with E-state index in [1.165, 1.54) is 7.05 Å². The number of rotatable bonds is 5. The van der Waals surface area contributed by atoms with Crippen LogP contribution >= 0.6 is 0 Å². The Labute approximate surface area is 171 Å². The van der Waals surface area contributed by atoms with Gasteiger partial charge in [-0.05, 0) is 57.9 Å². The predicted molar refractivity (Wildman–Crippen MR) is 105 cm³/mol. The number of amides is 2. The molecule has 2 amide bonds. The van der Waals surface area contributed by atoms with E-state index in [2.05, 4.69) is 5.32 Å². The zero-order valence-electron chi connectivity index (χ0n) is 17.1. The summed E-state index contributed by atoms with van der Waals surface area (Å²) in [6.07, 6.45) is 0.728. The van der Waals surface area contributed by atoms with E-state index in [1.807, 2.05) is 0 Å². The van der Waals surface area contributed by atoms with Gasteiger partial charge in [0.25, 0.3) is 0 Å². The Kier molecular flexibility index (Phi) is 7.23. The molecule has 1 aliphatic rings. The molecule has 0 bridgehead atoms.